The van der Waals surface area contributed by atoms with Crippen molar-refractivity contribution in [1.82, 2.24) is 0 Å². The van der Waals surface area contributed by atoms with Crippen LogP contribution in [0.15, 0.2) is 28.7 Å². The van der Waals surface area contributed by atoms with E-state index in [1.165, 1.54) is 0 Å². The average Bonchev–Trinajstić information content (AvgIpc) is 2.53. The SMILES string of the molecule is FC1(c2cccc(Br)c2)CC1(Br)Br. The molecular weight excluding hydrogens is 367 g/mol. The zero-order chi connectivity index (χ0) is 9.69. The fourth-order valence-electron chi connectivity index (χ4n) is 1.31. The maximum atomic E-state index is 14.1. The van der Waals surface area contributed by atoms with Crippen LogP contribution < -0.4 is 0 Å². The summed E-state index contributed by atoms with van der Waals surface area (Å²) in [5.74, 6) is 0. The first-order chi connectivity index (χ1) is 5.96. The number of hydrogen-bond acceptors (Lipinski definition) is 0. The summed E-state index contributed by atoms with van der Waals surface area (Å²) in [6, 6.07) is 7.34. The average molecular weight is 373 g/mol. The number of hydrogen-bond donors (Lipinski definition) is 0. The van der Waals surface area contributed by atoms with Crippen molar-refractivity contribution in [2.45, 2.75) is 15.3 Å². The maximum absolute atomic E-state index is 14.1. The Morgan fingerprint density at radius 1 is 1.31 bits per heavy atom. The molecule has 1 unspecified atom stereocenters. The quantitative estimate of drug-likeness (QED) is 0.636. The van der Waals surface area contributed by atoms with Crippen molar-refractivity contribution < 1.29 is 4.39 Å². The zero-order valence-corrected chi connectivity index (χ0v) is 11.3. The molecule has 70 valence electrons. The van der Waals surface area contributed by atoms with E-state index in [1.807, 2.05) is 18.2 Å². The van der Waals surface area contributed by atoms with Crippen LogP contribution in [0.4, 0.5) is 4.39 Å². The van der Waals surface area contributed by atoms with E-state index in [2.05, 4.69) is 47.8 Å². The van der Waals surface area contributed by atoms with Crippen LogP contribution >= 0.6 is 47.8 Å². The third-order valence-electron chi connectivity index (χ3n) is 2.20. The van der Waals surface area contributed by atoms with Crippen molar-refractivity contribution in [1.29, 1.82) is 0 Å². The zero-order valence-electron chi connectivity index (χ0n) is 6.53. The van der Waals surface area contributed by atoms with Crippen LogP contribution in [0.1, 0.15) is 12.0 Å². The molecule has 1 atom stereocenters. The molecule has 0 saturated heterocycles. The summed E-state index contributed by atoms with van der Waals surface area (Å²) in [6.45, 7) is 0. The summed E-state index contributed by atoms with van der Waals surface area (Å²) in [4.78, 5) is 0. The molecule has 1 aromatic carbocycles. The molecule has 0 N–H and O–H groups in total. The molecule has 0 heterocycles. The first kappa shape index (κ1) is 10.1. The smallest absolute Gasteiger partial charge is 0.163 e. The van der Waals surface area contributed by atoms with Gasteiger partial charge in [-0.25, -0.2) is 4.39 Å². The van der Waals surface area contributed by atoms with Crippen molar-refractivity contribution in [3.63, 3.8) is 0 Å². The lowest BCUT2D eigenvalue weighted by Gasteiger charge is -2.08. The predicted molar refractivity (Wildman–Crippen MR) is 62.1 cm³/mol. The van der Waals surface area contributed by atoms with E-state index in [4.69, 9.17) is 0 Å². The predicted octanol–water partition coefficient (Wildman–Crippen LogP) is 4.50. The highest BCUT2D eigenvalue weighted by molar-refractivity contribution is 9.25. The van der Waals surface area contributed by atoms with Crippen molar-refractivity contribution in [3.05, 3.63) is 34.3 Å². The summed E-state index contributed by atoms with van der Waals surface area (Å²) >= 11 is 9.92. The third-order valence-corrected chi connectivity index (χ3v) is 4.51. The van der Waals surface area contributed by atoms with Gasteiger partial charge < -0.3 is 0 Å². The van der Waals surface area contributed by atoms with E-state index in [0.29, 0.717) is 12.0 Å². The molecule has 13 heavy (non-hydrogen) atoms. The Morgan fingerprint density at radius 3 is 2.38 bits per heavy atom. The summed E-state index contributed by atoms with van der Waals surface area (Å²) in [7, 11) is 0. The minimum absolute atomic E-state index is 0.469. The molecule has 0 aromatic heterocycles. The maximum Gasteiger partial charge on any atom is 0.163 e. The van der Waals surface area contributed by atoms with Gasteiger partial charge in [0.1, 0.15) is 3.23 Å². The van der Waals surface area contributed by atoms with Gasteiger partial charge in [0.25, 0.3) is 0 Å². The minimum Gasteiger partial charge on any atom is -0.236 e. The summed E-state index contributed by atoms with van der Waals surface area (Å²) < 4.78 is 14.4. The Morgan fingerprint density at radius 2 is 1.92 bits per heavy atom. The van der Waals surface area contributed by atoms with E-state index >= 15 is 0 Å². The summed E-state index contributed by atoms with van der Waals surface area (Å²) in [5, 5.41) is 0. The van der Waals surface area contributed by atoms with Crippen molar-refractivity contribution in [2.24, 2.45) is 0 Å². The van der Waals surface area contributed by atoms with Gasteiger partial charge in [0, 0.05) is 10.9 Å². The molecule has 1 saturated carbocycles. The standard InChI is InChI=1S/C9H6Br3F/c10-7-3-1-2-6(4-7)8(13)5-9(8,11)12/h1-4H,5H2. The number of rotatable bonds is 1. The van der Waals surface area contributed by atoms with Gasteiger partial charge in [-0.3, -0.25) is 0 Å². The monoisotopic (exact) mass is 370 g/mol. The van der Waals surface area contributed by atoms with Gasteiger partial charge in [-0.1, -0.05) is 59.9 Å². The van der Waals surface area contributed by atoms with Gasteiger partial charge in [0.2, 0.25) is 0 Å². The molecule has 0 aliphatic heterocycles. The lowest BCUT2D eigenvalue weighted by Crippen LogP contribution is -2.06. The van der Waals surface area contributed by atoms with Gasteiger partial charge in [0.05, 0.1) is 0 Å². The highest BCUT2D eigenvalue weighted by atomic mass is 79.9. The molecule has 4 heteroatoms. The van der Waals surface area contributed by atoms with E-state index in [1.54, 1.807) is 6.07 Å². The normalized spacial score (nSPS) is 30.2. The fraction of sp³-hybridized carbons (Fsp3) is 0.333. The first-order valence-electron chi connectivity index (χ1n) is 3.78. The highest BCUT2D eigenvalue weighted by Crippen LogP contribution is 2.68. The van der Waals surface area contributed by atoms with E-state index in [9.17, 15) is 4.39 Å². The Bertz CT molecular complexity index is 350. The Kier molecular flexibility index (Phi) is 2.37. The second-order valence-electron chi connectivity index (χ2n) is 3.19. The van der Waals surface area contributed by atoms with E-state index in [-0.39, 0.29) is 0 Å². The minimum atomic E-state index is -1.27. The van der Waals surface area contributed by atoms with Gasteiger partial charge in [-0.15, -0.1) is 0 Å². The van der Waals surface area contributed by atoms with Crippen LogP contribution in [0.25, 0.3) is 0 Å². The number of halogens is 4. The molecule has 0 nitrogen and oxygen atoms in total. The largest absolute Gasteiger partial charge is 0.236 e. The second kappa shape index (κ2) is 3.04. The Labute approximate surface area is 101 Å². The lowest BCUT2D eigenvalue weighted by molar-refractivity contribution is 0.317. The fourth-order valence-corrected chi connectivity index (χ4v) is 2.94. The molecule has 0 spiro atoms. The van der Waals surface area contributed by atoms with Gasteiger partial charge in [0.15, 0.2) is 5.67 Å². The van der Waals surface area contributed by atoms with Gasteiger partial charge in [-0.05, 0) is 17.7 Å². The van der Waals surface area contributed by atoms with Crippen molar-refractivity contribution in [3.8, 4) is 0 Å². The molecule has 1 aliphatic rings. The number of benzene rings is 1. The molecule has 0 bridgehead atoms. The first-order valence-corrected chi connectivity index (χ1v) is 6.16. The third kappa shape index (κ3) is 1.61. The van der Waals surface area contributed by atoms with Crippen LogP contribution in [0.5, 0.6) is 0 Å². The lowest BCUT2D eigenvalue weighted by atomic mass is 10.1. The molecule has 1 aromatic rings. The highest BCUT2D eigenvalue weighted by Gasteiger charge is 2.67. The van der Waals surface area contributed by atoms with Crippen LogP contribution in [-0.4, -0.2) is 3.23 Å². The summed E-state index contributed by atoms with van der Waals surface area (Å²) in [5.41, 5.74) is -0.563. The number of alkyl halides is 3. The Hall–Kier alpha value is 0.590. The van der Waals surface area contributed by atoms with E-state index in [0.717, 1.165) is 4.47 Å². The topological polar surface area (TPSA) is 0 Å². The molecule has 0 amide bonds. The molecule has 2 rings (SSSR count). The van der Waals surface area contributed by atoms with Crippen LogP contribution in [0, 0.1) is 0 Å². The van der Waals surface area contributed by atoms with Crippen LogP contribution in [-0.2, 0) is 5.67 Å². The van der Waals surface area contributed by atoms with Crippen LogP contribution in [0.3, 0.4) is 0 Å². The van der Waals surface area contributed by atoms with E-state index < -0.39 is 8.90 Å². The summed E-state index contributed by atoms with van der Waals surface area (Å²) in [6.07, 6.45) is 0.469. The molecule has 1 fully saturated rings. The molecule has 0 radical (unpaired) electrons. The van der Waals surface area contributed by atoms with Crippen LogP contribution in [0.2, 0.25) is 0 Å². The van der Waals surface area contributed by atoms with Crippen molar-refractivity contribution >= 4 is 47.8 Å². The van der Waals surface area contributed by atoms with Crippen molar-refractivity contribution in [2.75, 3.05) is 0 Å². The second-order valence-corrected chi connectivity index (χ2v) is 7.88. The Balaban J connectivity index is 2.38. The van der Waals surface area contributed by atoms with Gasteiger partial charge >= 0.3 is 0 Å². The van der Waals surface area contributed by atoms with Gasteiger partial charge in [-0.2, -0.15) is 0 Å². The molecule has 1 aliphatic carbocycles. The molecular formula is C9H6Br3F.